The van der Waals surface area contributed by atoms with Gasteiger partial charge >= 0.3 is 0 Å². The molecule has 4 heteroatoms. The van der Waals surface area contributed by atoms with Crippen LogP contribution in [-0.4, -0.2) is 17.6 Å². The highest BCUT2D eigenvalue weighted by molar-refractivity contribution is 5.81. The monoisotopic (exact) mass is 289 g/mol. The van der Waals surface area contributed by atoms with E-state index in [-0.39, 0.29) is 17.9 Å². The highest BCUT2D eigenvalue weighted by atomic mass is 16.5. The number of nitrogens with one attached hydrogen (secondary N) is 1. The number of aliphatic hydroxyl groups excluding tert-OH is 1. The van der Waals surface area contributed by atoms with Gasteiger partial charge in [0.2, 0.25) is 5.91 Å². The van der Waals surface area contributed by atoms with Crippen molar-refractivity contribution in [2.75, 3.05) is 6.61 Å². The van der Waals surface area contributed by atoms with E-state index in [1.807, 2.05) is 18.2 Å². The van der Waals surface area contributed by atoms with Crippen LogP contribution < -0.4 is 10.1 Å². The molecule has 2 N–H and O–H groups in total. The van der Waals surface area contributed by atoms with E-state index in [0.29, 0.717) is 6.61 Å². The molecule has 21 heavy (non-hydrogen) atoms. The SMILES string of the molecule is CCCC(O)c1ccc2c(c1)C(NC(=O)C1CC1)CCO2. The first kappa shape index (κ1) is 14.4. The second-order valence-electron chi connectivity index (χ2n) is 6.07. The lowest BCUT2D eigenvalue weighted by molar-refractivity contribution is -0.123. The molecule has 0 saturated heterocycles. The summed E-state index contributed by atoms with van der Waals surface area (Å²) in [6, 6.07) is 5.84. The van der Waals surface area contributed by atoms with E-state index >= 15 is 0 Å². The molecule has 2 unspecified atom stereocenters. The third-order valence-corrected chi connectivity index (χ3v) is 4.28. The van der Waals surface area contributed by atoms with E-state index in [1.165, 1.54) is 0 Å². The van der Waals surface area contributed by atoms with Crippen LogP contribution in [0.2, 0.25) is 0 Å². The number of ether oxygens (including phenoxy) is 1. The molecule has 1 fully saturated rings. The van der Waals surface area contributed by atoms with Crippen molar-refractivity contribution in [2.45, 2.75) is 51.2 Å². The Morgan fingerprint density at radius 1 is 1.43 bits per heavy atom. The molecule has 1 heterocycles. The number of carbonyl (C=O) groups is 1. The second-order valence-corrected chi connectivity index (χ2v) is 6.07. The van der Waals surface area contributed by atoms with Crippen LogP contribution in [0, 0.1) is 5.92 Å². The predicted molar refractivity (Wildman–Crippen MR) is 80.0 cm³/mol. The lowest BCUT2D eigenvalue weighted by Gasteiger charge is -2.28. The van der Waals surface area contributed by atoms with Gasteiger partial charge in [-0.05, 0) is 37.0 Å². The standard InChI is InChI=1S/C17H23NO3/c1-2-3-15(19)12-6-7-16-13(10-12)14(8-9-21-16)18-17(20)11-4-5-11/h6-7,10-11,14-15,19H,2-5,8-9H2,1H3,(H,18,20). The van der Waals surface area contributed by atoms with E-state index in [0.717, 1.165) is 49.0 Å². The van der Waals surface area contributed by atoms with E-state index in [4.69, 9.17) is 4.74 Å². The summed E-state index contributed by atoms with van der Waals surface area (Å²) in [4.78, 5) is 12.0. The average Bonchev–Trinajstić information content (AvgIpc) is 3.32. The highest BCUT2D eigenvalue weighted by Gasteiger charge is 2.32. The van der Waals surface area contributed by atoms with Crippen LogP contribution >= 0.6 is 0 Å². The molecule has 2 aliphatic rings. The Labute approximate surface area is 125 Å². The van der Waals surface area contributed by atoms with Gasteiger partial charge in [0, 0.05) is 17.9 Å². The Hall–Kier alpha value is -1.55. The molecule has 1 aromatic rings. The van der Waals surface area contributed by atoms with Crippen LogP contribution in [0.4, 0.5) is 0 Å². The summed E-state index contributed by atoms with van der Waals surface area (Å²) in [6.45, 7) is 2.68. The van der Waals surface area contributed by atoms with Crippen LogP contribution in [-0.2, 0) is 4.79 Å². The molecule has 0 bridgehead atoms. The van der Waals surface area contributed by atoms with E-state index in [9.17, 15) is 9.90 Å². The van der Waals surface area contributed by atoms with Gasteiger partial charge < -0.3 is 15.2 Å². The fourth-order valence-corrected chi connectivity index (χ4v) is 2.85. The molecule has 2 atom stereocenters. The van der Waals surface area contributed by atoms with Crippen LogP contribution in [0.3, 0.4) is 0 Å². The maximum absolute atomic E-state index is 12.0. The summed E-state index contributed by atoms with van der Waals surface area (Å²) < 4.78 is 5.67. The fraction of sp³-hybridized carbons (Fsp3) is 0.588. The molecule has 3 rings (SSSR count). The summed E-state index contributed by atoms with van der Waals surface area (Å²) in [5.74, 6) is 1.20. The maximum Gasteiger partial charge on any atom is 0.223 e. The van der Waals surface area contributed by atoms with Crippen LogP contribution in [0.5, 0.6) is 5.75 Å². The van der Waals surface area contributed by atoms with E-state index in [2.05, 4.69) is 12.2 Å². The summed E-state index contributed by atoms with van der Waals surface area (Å²) in [5, 5.41) is 13.3. The van der Waals surface area contributed by atoms with Gasteiger partial charge in [0.05, 0.1) is 18.8 Å². The number of benzene rings is 1. The number of carbonyl (C=O) groups excluding carboxylic acids is 1. The third-order valence-electron chi connectivity index (χ3n) is 4.28. The first-order valence-corrected chi connectivity index (χ1v) is 7.94. The molecular formula is C17H23NO3. The minimum absolute atomic E-state index is 0.00984. The van der Waals surface area contributed by atoms with Crippen molar-refractivity contribution in [3.63, 3.8) is 0 Å². The van der Waals surface area contributed by atoms with Crippen molar-refractivity contribution in [1.29, 1.82) is 0 Å². The molecule has 1 amide bonds. The van der Waals surface area contributed by atoms with Gasteiger partial charge in [-0.2, -0.15) is 0 Å². The second kappa shape index (κ2) is 6.06. The molecule has 1 saturated carbocycles. The lowest BCUT2D eigenvalue weighted by Crippen LogP contribution is -2.33. The van der Waals surface area contributed by atoms with Gasteiger partial charge in [0.1, 0.15) is 5.75 Å². The first-order valence-electron chi connectivity index (χ1n) is 7.94. The Morgan fingerprint density at radius 3 is 2.95 bits per heavy atom. The van der Waals surface area contributed by atoms with Crippen molar-refractivity contribution >= 4 is 5.91 Å². The summed E-state index contributed by atoms with van der Waals surface area (Å²) in [6.07, 6.45) is 4.06. The minimum Gasteiger partial charge on any atom is -0.493 e. The molecule has 1 aliphatic carbocycles. The van der Waals surface area contributed by atoms with Crippen LogP contribution in [0.15, 0.2) is 18.2 Å². The molecule has 0 aromatic heterocycles. The molecule has 0 spiro atoms. The zero-order chi connectivity index (χ0) is 14.8. The Bertz CT molecular complexity index is 525. The molecule has 1 aromatic carbocycles. The Morgan fingerprint density at radius 2 is 2.24 bits per heavy atom. The van der Waals surface area contributed by atoms with Crippen LogP contribution in [0.1, 0.15) is 62.3 Å². The van der Waals surface area contributed by atoms with Crippen molar-refractivity contribution in [3.8, 4) is 5.75 Å². The third kappa shape index (κ3) is 3.21. The van der Waals surface area contributed by atoms with Gasteiger partial charge in [-0.1, -0.05) is 19.4 Å². The van der Waals surface area contributed by atoms with E-state index in [1.54, 1.807) is 0 Å². The number of amides is 1. The minimum atomic E-state index is -0.443. The smallest absolute Gasteiger partial charge is 0.223 e. The number of hydrogen-bond donors (Lipinski definition) is 2. The summed E-state index contributed by atoms with van der Waals surface area (Å²) in [7, 11) is 0. The molecule has 114 valence electrons. The van der Waals surface area contributed by atoms with Gasteiger partial charge in [-0.3, -0.25) is 4.79 Å². The lowest BCUT2D eigenvalue weighted by atomic mass is 9.95. The van der Waals surface area contributed by atoms with E-state index < -0.39 is 6.10 Å². The van der Waals surface area contributed by atoms with Crippen LogP contribution in [0.25, 0.3) is 0 Å². The molecule has 4 nitrogen and oxygen atoms in total. The van der Waals surface area contributed by atoms with Crippen molar-refractivity contribution in [1.82, 2.24) is 5.32 Å². The molecule has 0 radical (unpaired) electrons. The Kier molecular flexibility index (Phi) is 4.15. The Balaban J connectivity index is 1.80. The van der Waals surface area contributed by atoms with Gasteiger partial charge in [-0.15, -0.1) is 0 Å². The van der Waals surface area contributed by atoms with Crippen molar-refractivity contribution in [2.24, 2.45) is 5.92 Å². The fourth-order valence-electron chi connectivity index (χ4n) is 2.85. The largest absolute Gasteiger partial charge is 0.493 e. The zero-order valence-electron chi connectivity index (χ0n) is 12.5. The maximum atomic E-state index is 12.0. The normalized spacial score (nSPS) is 22.1. The topological polar surface area (TPSA) is 58.6 Å². The number of aliphatic hydroxyl groups is 1. The number of fused-ring (bicyclic) bond motifs is 1. The quantitative estimate of drug-likeness (QED) is 0.876. The van der Waals surface area contributed by atoms with Gasteiger partial charge in [0.25, 0.3) is 0 Å². The molecular weight excluding hydrogens is 266 g/mol. The van der Waals surface area contributed by atoms with Crippen molar-refractivity contribution in [3.05, 3.63) is 29.3 Å². The van der Waals surface area contributed by atoms with Gasteiger partial charge in [0.15, 0.2) is 0 Å². The van der Waals surface area contributed by atoms with Crippen molar-refractivity contribution < 1.29 is 14.6 Å². The summed E-state index contributed by atoms with van der Waals surface area (Å²) >= 11 is 0. The van der Waals surface area contributed by atoms with Gasteiger partial charge in [-0.25, -0.2) is 0 Å². The average molecular weight is 289 g/mol. The highest BCUT2D eigenvalue weighted by Crippen LogP contribution is 2.36. The number of hydrogen-bond acceptors (Lipinski definition) is 3. The first-order chi connectivity index (χ1) is 10.2. The predicted octanol–water partition coefficient (Wildman–Crippen LogP) is 2.87. The molecule has 1 aliphatic heterocycles. The number of rotatable bonds is 5. The summed E-state index contributed by atoms with van der Waals surface area (Å²) in [5.41, 5.74) is 1.91. The zero-order valence-corrected chi connectivity index (χ0v) is 12.5.